The van der Waals surface area contributed by atoms with Crippen LogP contribution in [0.5, 0.6) is 0 Å². The zero-order chi connectivity index (χ0) is 18.3. The standard InChI is InChI=1S/C22H25ClN2O/c1-13-18-17(12-16-19(18)21(16,2)3)25(24-13)20(26)22(10-4-5-11-22)14-6-8-15(23)9-7-14/h6-9,16,19H,4-5,10-12H2,1-3H3. The van der Waals surface area contributed by atoms with Crippen LogP contribution in [0.2, 0.25) is 5.02 Å². The molecule has 2 atom stereocenters. The second-order valence-electron chi connectivity index (χ2n) is 9.07. The molecule has 136 valence electrons. The number of rotatable bonds is 2. The number of nitrogens with zero attached hydrogens (tertiary/aromatic N) is 2. The molecule has 2 saturated carbocycles. The van der Waals surface area contributed by atoms with Gasteiger partial charge in [0.05, 0.1) is 16.8 Å². The van der Waals surface area contributed by atoms with Gasteiger partial charge in [0.25, 0.3) is 5.91 Å². The molecular weight excluding hydrogens is 344 g/mol. The van der Waals surface area contributed by atoms with Crippen molar-refractivity contribution in [3.05, 3.63) is 51.8 Å². The van der Waals surface area contributed by atoms with E-state index in [0.717, 1.165) is 43.4 Å². The van der Waals surface area contributed by atoms with Gasteiger partial charge in [0.15, 0.2) is 0 Å². The van der Waals surface area contributed by atoms with Gasteiger partial charge in [-0.3, -0.25) is 4.79 Å². The third kappa shape index (κ3) is 2.01. The number of benzene rings is 1. The molecule has 2 aromatic rings. The Hall–Kier alpha value is -1.61. The van der Waals surface area contributed by atoms with Crippen LogP contribution in [0.1, 0.15) is 72.8 Å². The number of hydrogen-bond acceptors (Lipinski definition) is 2. The summed E-state index contributed by atoms with van der Waals surface area (Å²) < 4.78 is 1.78. The molecule has 4 heteroatoms. The Labute approximate surface area is 159 Å². The first-order chi connectivity index (χ1) is 12.4. The number of carbonyl (C=O) groups excluding carboxylic acids is 1. The number of aryl methyl sites for hydroxylation is 1. The lowest BCUT2D eigenvalue weighted by Crippen LogP contribution is -2.38. The largest absolute Gasteiger partial charge is 0.272 e. The van der Waals surface area contributed by atoms with E-state index in [4.69, 9.17) is 16.7 Å². The maximum atomic E-state index is 13.8. The number of aromatic nitrogens is 2. The summed E-state index contributed by atoms with van der Waals surface area (Å²) in [5, 5.41) is 5.46. The molecule has 0 saturated heterocycles. The van der Waals surface area contributed by atoms with E-state index in [1.54, 1.807) is 4.68 Å². The van der Waals surface area contributed by atoms with Crippen molar-refractivity contribution in [2.75, 3.05) is 0 Å². The van der Waals surface area contributed by atoms with Crippen LogP contribution >= 0.6 is 11.6 Å². The summed E-state index contributed by atoms with van der Waals surface area (Å²) in [6, 6.07) is 7.87. The van der Waals surface area contributed by atoms with Crippen molar-refractivity contribution >= 4 is 17.5 Å². The first-order valence-corrected chi connectivity index (χ1v) is 10.1. The van der Waals surface area contributed by atoms with E-state index in [9.17, 15) is 4.79 Å². The average Bonchev–Trinajstić information content (AvgIpc) is 3.12. The molecule has 0 spiro atoms. The lowest BCUT2D eigenvalue weighted by Gasteiger charge is -2.28. The van der Waals surface area contributed by atoms with Crippen LogP contribution in [-0.2, 0) is 11.8 Å². The Morgan fingerprint density at radius 2 is 1.85 bits per heavy atom. The van der Waals surface area contributed by atoms with Crippen LogP contribution in [0.15, 0.2) is 24.3 Å². The Balaban J connectivity index is 1.59. The lowest BCUT2D eigenvalue weighted by molar-refractivity contribution is 0.0775. The Morgan fingerprint density at radius 1 is 1.19 bits per heavy atom. The van der Waals surface area contributed by atoms with Crippen LogP contribution in [0, 0.1) is 18.3 Å². The molecule has 2 unspecified atom stereocenters. The van der Waals surface area contributed by atoms with Crippen LogP contribution in [-0.4, -0.2) is 15.7 Å². The van der Waals surface area contributed by atoms with Crippen molar-refractivity contribution in [2.45, 2.75) is 64.2 Å². The average molecular weight is 369 g/mol. The smallest absolute Gasteiger partial charge is 0.257 e. The van der Waals surface area contributed by atoms with Gasteiger partial charge in [-0.15, -0.1) is 0 Å². The van der Waals surface area contributed by atoms with Crippen LogP contribution in [0.4, 0.5) is 0 Å². The Morgan fingerprint density at radius 3 is 2.50 bits per heavy atom. The van der Waals surface area contributed by atoms with Crippen molar-refractivity contribution < 1.29 is 4.79 Å². The molecule has 2 fully saturated rings. The lowest BCUT2D eigenvalue weighted by atomic mass is 9.78. The minimum atomic E-state index is -0.445. The number of fused-ring (bicyclic) bond motifs is 3. The van der Waals surface area contributed by atoms with E-state index in [1.165, 1.54) is 11.3 Å². The third-order valence-corrected chi connectivity index (χ3v) is 7.69. The molecule has 3 nitrogen and oxygen atoms in total. The molecule has 1 aromatic heterocycles. The van der Waals surface area contributed by atoms with Crippen LogP contribution in [0.3, 0.4) is 0 Å². The fourth-order valence-corrected chi connectivity index (χ4v) is 5.96. The van der Waals surface area contributed by atoms with Gasteiger partial charge in [0.2, 0.25) is 0 Å². The normalized spacial score (nSPS) is 27.2. The highest BCUT2D eigenvalue weighted by atomic mass is 35.5. The second-order valence-corrected chi connectivity index (χ2v) is 9.50. The predicted octanol–water partition coefficient (Wildman–Crippen LogP) is 5.29. The van der Waals surface area contributed by atoms with E-state index in [1.807, 2.05) is 24.3 Å². The van der Waals surface area contributed by atoms with Crippen molar-refractivity contribution in [2.24, 2.45) is 11.3 Å². The summed E-state index contributed by atoms with van der Waals surface area (Å²) in [4.78, 5) is 13.8. The minimum Gasteiger partial charge on any atom is -0.272 e. The van der Waals surface area contributed by atoms with Gasteiger partial charge >= 0.3 is 0 Å². The summed E-state index contributed by atoms with van der Waals surface area (Å²) in [6.07, 6.45) is 4.99. The third-order valence-electron chi connectivity index (χ3n) is 7.44. The van der Waals surface area contributed by atoms with Gasteiger partial charge in [-0.05, 0) is 61.1 Å². The highest BCUT2D eigenvalue weighted by Gasteiger charge is 2.64. The zero-order valence-electron chi connectivity index (χ0n) is 15.7. The number of hydrogen-bond donors (Lipinski definition) is 0. The summed E-state index contributed by atoms with van der Waals surface area (Å²) in [5.41, 5.74) is 4.61. The van der Waals surface area contributed by atoms with Crippen LogP contribution in [0.25, 0.3) is 0 Å². The van der Waals surface area contributed by atoms with E-state index in [0.29, 0.717) is 22.3 Å². The fraction of sp³-hybridized carbons (Fsp3) is 0.545. The first kappa shape index (κ1) is 16.6. The quantitative estimate of drug-likeness (QED) is 0.721. The van der Waals surface area contributed by atoms with Crippen molar-refractivity contribution in [3.63, 3.8) is 0 Å². The summed E-state index contributed by atoms with van der Waals surface area (Å²) in [7, 11) is 0. The van der Waals surface area contributed by atoms with Gasteiger partial charge in [0.1, 0.15) is 0 Å². The van der Waals surface area contributed by atoms with Crippen molar-refractivity contribution in [1.29, 1.82) is 0 Å². The highest BCUT2D eigenvalue weighted by Crippen LogP contribution is 2.70. The maximum absolute atomic E-state index is 13.8. The molecule has 0 amide bonds. The van der Waals surface area contributed by atoms with E-state index in [-0.39, 0.29) is 5.91 Å². The van der Waals surface area contributed by atoms with E-state index in [2.05, 4.69) is 20.8 Å². The Bertz CT molecular complexity index is 903. The molecule has 1 aromatic carbocycles. The van der Waals surface area contributed by atoms with E-state index >= 15 is 0 Å². The van der Waals surface area contributed by atoms with Crippen molar-refractivity contribution in [1.82, 2.24) is 9.78 Å². The molecule has 3 aliphatic rings. The first-order valence-electron chi connectivity index (χ1n) is 9.75. The SMILES string of the molecule is Cc1nn(C(=O)C2(c3ccc(Cl)cc3)CCCC2)c2c1C1C(C2)C1(C)C. The topological polar surface area (TPSA) is 34.9 Å². The van der Waals surface area contributed by atoms with Crippen molar-refractivity contribution in [3.8, 4) is 0 Å². The fourth-order valence-electron chi connectivity index (χ4n) is 5.84. The summed E-state index contributed by atoms with van der Waals surface area (Å²) >= 11 is 6.09. The minimum absolute atomic E-state index is 0.167. The molecule has 0 N–H and O–H groups in total. The van der Waals surface area contributed by atoms with Crippen LogP contribution < -0.4 is 0 Å². The van der Waals surface area contributed by atoms with Gasteiger partial charge in [-0.2, -0.15) is 5.10 Å². The highest BCUT2D eigenvalue weighted by molar-refractivity contribution is 6.30. The molecule has 0 aliphatic heterocycles. The predicted molar refractivity (Wildman–Crippen MR) is 103 cm³/mol. The number of carbonyl (C=O) groups is 1. The summed E-state index contributed by atoms with van der Waals surface area (Å²) in [5.74, 6) is 1.44. The van der Waals surface area contributed by atoms with Gasteiger partial charge in [0, 0.05) is 10.6 Å². The molecule has 26 heavy (non-hydrogen) atoms. The molecule has 3 aliphatic carbocycles. The molecule has 0 bridgehead atoms. The van der Waals surface area contributed by atoms with Gasteiger partial charge in [-0.25, -0.2) is 4.68 Å². The maximum Gasteiger partial charge on any atom is 0.257 e. The Kier molecular flexibility index (Phi) is 3.32. The van der Waals surface area contributed by atoms with E-state index < -0.39 is 5.41 Å². The zero-order valence-corrected chi connectivity index (χ0v) is 16.4. The van der Waals surface area contributed by atoms with Gasteiger partial charge < -0.3 is 0 Å². The molecule has 1 heterocycles. The molecule has 5 rings (SSSR count). The molecular formula is C22H25ClN2O. The monoisotopic (exact) mass is 368 g/mol. The summed E-state index contributed by atoms with van der Waals surface area (Å²) in [6.45, 7) is 6.76. The second kappa shape index (κ2) is 5.22. The van der Waals surface area contributed by atoms with Gasteiger partial charge in [-0.1, -0.05) is 50.4 Å². The number of halogens is 1. The molecule has 0 radical (unpaired) electrons.